The number of anilines is 2. The normalized spacial score (nSPS) is 11.1. The van der Waals surface area contributed by atoms with Crippen molar-refractivity contribution in [3.8, 4) is 0 Å². The molecular weight excluding hydrogens is 416 g/mol. The van der Waals surface area contributed by atoms with E-state index in [1.165, 1.54) is 24.4 Å². The first-order chi connectivity index (χ1) is 14.0. The topological polar surface area (TPSA) is 71.1 Å². The van der Waals surface area contributed by atoms with Gasteiger partial charge >= 0.3 is 0 Å². The Kier molecular flexibility index (Phi) is 6.59. The molecule has 2 N–H and O–H groups in total. The maximum Gasteiger partial charge on any atom is 0.261 e. The molecule has 146 valence electrons. The summed E-state index contributed by atoms with van der Waals surface area (Å²) in [7, 11) is 0. The van der Waals surface area contributed by atoms with Crippen LogP contribution in [0.25, 0.3) is 6.08 Å². The zero-order valence-electron chi connectivity index (χ0n) is 14.8. The van der Waals surface area contributed by atoms with Gasteiger partial charge in [0.2, 0.25) is 0 Å². The third kappa shape index (κ3) is 5.19. The van der Waals surface area contributed by atoms with Crippen molar-refractivity contribution in [2.24, 2.45) is 0 Å². The Morgan fingerprint density at radius 3 is 2.31 bits per heavy atom. The van der Waals surface area contributed by atoms with Gasteiger partial charge in [-0.05, 0) is 36.4 Å². The van der Waals surface area contributed by atoms with E-state index in [0.29, 0.717) is 11.3 Å². The molecule has 2 aromatic carbocycles. The maximum absolute atomic E-state index is 14.1. The molecule has 29 heavy (non-hydrogen) atoms. The van der Waals surface area contributed by atoms with Crippen LogP contribution >= 0.6 is 23.2 Å². The Hall–Kier alpha value is -3.22. The molecule has 0 aliphatic carbocycles. The van der Waals surface area contributed by atoms with Crippen LogP contribution in [0.5, 0.6) is 0 Å². The third-order valence-corrected chi connectivity index (χ3v) is 4.44. The molecule has 0 aliphatic rings. The van der Waals surface area contributed by atoms with E-state index in [0.717, 1.165) is 6.07 Å². The summed E-state index contributed by atoms with van der Waals surface area (Å²) in [4.78, 5) is 29.6. The third-order valence-electron chi connectivity index (χ3n) is 3.81. The molecule has 2 amide bonds. The van der Waals surface area contributed by atoms with Crippen molar-refractivity contribution in [2.45, 2.75) is 0 Å². The summed E-state index contributed by atoms with van der Waals surface area (Å²) < 4.78 is 14.1. The number of benzene rings is 2. The minimum absolute atomic E-state index is 0.000535. The van der Waals surface area contributed by atoms with E-state index in [2.05, 4.69) is 15.6 Å². The van der Waals surface area contributed by atoms with Gasteiger partial charge in [-0.15, -0.1) is 0 Å². The first kappa shape index (κ1) is 20.5. The lowest BCUT2D eigenvalue weighted by molar-refractivity contribution is -0.118. The number of carbonyl (C=O) groups excluding carboxylic acids is 2. The van der Waals surface area contributed by atoms with Crippen LogP contribution in [-0.4, -0.2) is 16.8 Å². The van der Waals surface area contributed by atoms with Gasteiger partial charge in [-0.1, -0.05) is 53.5 Å². The molecule has 0 atom stereocenters. The standard InChI is InChI=1S/C21H14Cl2FN3O2/c22-16-9-4-10-17(24)18(16)27-21(29)15(12-13-6-5-11-25-19(13)23)20(28)26-14-7-2-1-3-8-14/h1-12H,(H,26,28)(H,27,29). The molecule has 0 spiro atoms. The van der Waals surface area contributed by atoms with Crippen molar-refractivity contribution in [1.82, 2.24) is 4.98 Å². The fraction of sp³-hybridized carbons (Fsp3) is 0. The van der Waals surface area contributed by atoms with Crippen LogP contribution in [-0.2, 0) is 9.59 Å². The van der Waals surface area contributed by atoms with E-state index in [1.54, 1.807) is 42.5 Å². The Morgan fingerprint density at radius 2 is 1.62 bits per heavy atom. The number of pyridine rings is 1. The van der Waals surface area contributed by atoms with Crippen LogP contribution in [0.4, 0.5) is 15.8 Å². The van der Waals surface area contributed by atoms with E-state index < -0.39 is 17.6 Å². The van der Waals surface area contributed by atoms with Crippen molar-refractivity contribution in [1.29, 1.82) is 0 Å². The van der Waals surface area contributed by atoms with Gasteiger partial charge in [0.15, 0.2) is 0 Å². The molecule has 5 nitrogen and oxygen atoms in total. The molecule has 0 radical (unpaired) electrons. The van der Waals surface area contributed by atoms with Crippen molar-refractivity contribution in [3.63, 3.8) is 0 Å². The van der Waals surface area contributed by atoms with Gasteiger partial charge in [-0.3, -0.25) is 9.59 Å². The monoisotopic (exact) mass is 429 g/mol. The second kappa shape index (κ2) is 9.32. The molecular formula is C21H14Cl2FN3O2. The predicted molar refractivity (Wildman–Crippen MR) is 112 cm³/mol. The summed E-state index contributed by atoms with van der Waals surface area (Å²) in [6.45, 7) is 0. The number of carbonyl (C=O) groups is 2. The van der Waals surface area contributed by atoms with Gasteiger partial charge in [0.05, 0.1) is 10.7 Å². The molecule has 1 heterocycles. The highest BCUT2D eigenvalue weighted by atomic mass is 35.5. The minimum Gasteiger partial charge on any atom is -0.322 e. The smallest absolute Gasteiger partial charge is 0.261 e. The summed E-state index contributed by atoms with van der Waals surface area (Å²) in [5.74, 6) is -2.29. The van der Waals surface area contributed by atoms with E-state index in [4.69, 9.17) is 23.2 Å². The minimum atomic E-state index is -0.856. The van der Waals surface area contributed by atoms with E-state index in [-0.39, 0.29) is 21.4 Å². The first-order valence-electron chi connectivity index (χ1n) is 8.39. The Bertz CT molecular complexity index is 1070. The number of halogens is 3. The number of nitrogens with zero attached hydrogens (tertiary/aromatic N) is 1. The number of nitrogens with one attached hydrogen (secondary N) is 2. The van der Waals surface area contributed by atoms with Crippen LogP contribution in [0.3, 0.4) is 0 Å². The molecule has 1 aromatic heterocycles. The summed E-state index contributed by atoms with van der Waals surface area (Å²) in [5.41, 5.74) is 0.303. The van der Waals surface area contributed by atoms with Gasteiger partial charge < -0.3 is 10.6 Å². The van der Waals surface area contributed by atoms with Crippen LogP contribution < -0.4 is 10.6 Å². The summed E-state index contributed by atoms with van der Waals surface area (Å²) in [6.07, 6.45) is 2.75. The molecule has 0 saturated carbocycles. The molecule has 8 heteroatoms. The Morgan fingerprint density at radius 1 is 0.897 bits per heavy atom. The average Bonchev–Trinajstić information content (AvgIpc) is 2.70. The van der Waals surface area contributed by atoms with Crippen LogP contribution in [0.1, 0.15) is 5.56 Å². The second-order valence-electron chi connectivity index (χ2n) is 5.81. The molecule has 3 aromatic rings. The van der Waals surface area contributed by atoms with Crippen LogP contribution in [0.2, 0.25) is 10.2 Å². The molecule has 3 rings (SSSR count). The summed E-state index contributed by atoms with van der Waals surface area (Å²) in [5, 5.41) is 5.07. The molecule has 0 unspecified atom stereocenters. The van der Waals surface area contributed by atoms with Crippen molar-refractivity contribution in [2.75, 3.05) is 10.6 Å². The highest BCUT2D eigenvalue weighted by molar-refractivity contribution is 6.35. The van der Waals surface area contributed by atoms with Crippen LogP contribution in [0, 0.1) is 5.82 Å². The van der Waals surface area contributed by atoms with Crippen molar-refractivity contribution < 1.29 is 14.0 Å². The largest absolute Gasteiger partial charge is 0.322 e. The summed E-state index contributed by atoms with van der Waals surface area (Å²) in [6, 6.07) is 15.8. The number of rotatable bonds is 5. The molecule has 0 aliphatic heterocycles. The number of hydrogen-bond donors (Lipinski definition) is 2. The van der Waals surface area contributed by atoms with E-state index in [1.807, 2.05) is 0 Å². The Labute approximate surface area is 176 Å². The van der Waals surface area contributed by atoms with Gasteiger partial charge in [0.25, 0.3) is 11.8 Å². The lowest BCUT2D eigenvalue weighted by Crippen LogP contribution is -2.25. The van der Waals surface area contributed by atoms with Gasteiger partial charge in [0, 0.05) is 17.4 Å². The zero-order valence-corrected chi connectivity index (χ0v) is 16.3. The maximum atomic E-state index is 14.1. The van der Waals surface area contributed by atoms with E-state index >= 15 is 0 Å². The number of amides is 2. The van der Waals surface area contributed by atoms with E-state index in [9.17, 15) is 14.0 Å². The average molecular weight is 430 g/mol. The zero-order chi connectivity index (χ0) is 20.8. The quantitative estimate of drug-likeness (QED) is 0.253. The predicted octanol–water partition coefficient (Wildman–Crippen LogP) is 5.19. The van der Waals surface area contributed by atoms with Crippen LogP contribution in [0.15, 0.2) is 72.4 Å². The highest BCUT2D eigenvalue weighted by Gasteiger charge is 2.21. The SMILES string of the molecule is O=C(Nc1ccccc1)C(=Cc1cccnc1Cl)C(=O)Nc1c(F)cccc1Cl. The number of hydrogen-bond acceptors (Lipinski definition) is 3. The van der Waals surface area contributed by atoms with Crippen molar-refractivity contribution in [3.05, 3.63) is 94.0 Å². The first-order valence-corrected chi connectivity index (χ1v) is 9.15. The number of para-hydroxylation sites is 2. The lowest BCUT2D eigenvalue weighted by atomic mass is 10.1. The molecule has 0 fully saturated rings. The molecule has 0 bridgehead atoms. The fourth-order valence-corrected chi connectivity index (χ4v) is 2.80. The second-order valence-corrected chi connectivity index (χ2v) is 6.58. The summed E-state index contributed by atoms with van der Waals surface area (Å²) >= 11 is 12.0. The lowest BCUT2D eigenvalue weighted by Gasteiger charge is -2.12. The Balaban J connectivity index is 1.97. The van der Waals surface area contributed by atoms with Gasteiger partial charge in [-0.2, -0.15) is 0 Å². The van der Waals surface area contributed by atoms with Crippen molar-refractivity contribution >= 4 is 52.5 Å². The van der Waals surface area contributed by atoms with Gasteiger partial charge in [-0.25, -0.2) is 9.37 Å². The fourth-order valence-electron chi connectivity index (χ4n) is 2.41. The highest BCUT2D eigenvalue weighted by Crippen LogP contribution is 2.26. The molecule has 0 saturated heterocycles. The number of aromatic nitrogens is 1. The van der Waals surface area contributed by atoms with Gasteiger partial charge in [0.1, 0.15) is 16.5 Å².